The number of nitrogens with zero attached hydrogens (tertiary/aromatic N) is 2. The van der Waals surface area contributed by atoms with Crippen LogP contribution in [-0.4, -0.2) is 41.0 Å². The largest absolute Gasteiger partial charge is 0.338 e. The number of likely N-dealkylation sites (tertiary alicyclic amines) is 1. The molecular weight excluding hydrogens is 424 g/mol. The van der Waals surface area contributed by atoms with E-state index < -0.39 is 0 Å². The highest BCUT2D eigenvalue weighted by Crippen LogP contribution is 2.40. The molecule has 2 N–H and O–H groups in total. The summed E-state index contributed by atoms with van der Waals surface area (Å²) < 4.78 is 2.42. The molecule has 1 aliphatic heterocycles. The molecule has 1 aromatic heterocycles. The first kappa shape index (κ1) is 24.1. The highest BCUT2D eigenvalue weighted by atomic mass is 16.2. The van der Waals surface area contributed by atoms with Crippen molar-refractivity contribution >= 4 is 39.4 Å². The van der Waals surface area contributed by atoms with E-state index in [9.17, 15) is 9.59 Å². The van der Waals surface area contributed by atoms with E-state index in [1.54, 1.807) is 0 Å². The number of aromatic nitrogens is 1. The molecule has 0 bridgehead atoms. The molecule has 4 rings (SSSR count). The van der Waals surface area contributed by atoms with Gasteiger partial charge in [0, 0.05) is 53.6 Å². The van der Waals surface area contributed by atoms with Crippen LogP contribution in [0.4, 0.5) is 10.5 Å². The highest BCUT2D eigenvalue weighted by Gasteiger charge is 2.28. The van der Waals surface area contributed by atoms with Crippen molar-refractivity contribution in [2.75, 3.05) is 25.0 Å². The van der Waals surface area contributed by atoms with Gasteiger partial charge in [0.2, 0.25) is 5.91 Å². The molecule has 3 aromatic rings. The van der Waals surface area contributed by atoms with Gasteiger partial charge in [0.1, 0.15) is 0 Å². The number of piperidine rings is 1. The third-order valence-corrected chi connectivity index (χ3v) is 7.16. The lowest BCUT2D eigenvalue weighted by Gasteiger charge is -2.31. The predicted molar refractivity (Wildman–Crippen MR) is 141 cm³/mol. The average Bonchev–Trinajstić information content (AvgIpc) is 3.18. The number of fused-ring (bicyclic) bond motifs is 3. The Labute approximate surface area is 202 Å². The molecule has 34 heavy (non-hydrogen) atoms. The van der Waals surface area contributed by atoms with Crippen LogP contribution in [0.1, 0.15) is 64.6 Å². The number of hydrogen-bond donors (Lipinski definition) is 2. The Kier molecular flexibility index (Phi) is 7.15. The van der Waals surface area contributed by atoms with Crippen LogP contribution in [0.3, 0.4) is 0 Å². The molecule has 1 saturated heterocycles. The van der Waals surface area contributed by atoms with Crippen molar-refractivity contribution in [3.05, 3.63) is 41.5 Å². The van der Waals surface area contributed by atoms with Crippen LogP contribution in [0.15, 0.2) is 30.3 Å². The van der Waals surface area contributed by atoms with Gasteiger partial charge >= 0.3 is 6.03 Å². The number of rotatable bonds is 6. The number of carbonyl (C=O) groups is 2. The molecule has 0 atom stereocenters. The molecule has 0 spiro atoms. The summed E-state index contributed by atoms with van der Waals surface area (Å²) in [5.74, 6) is -0.000287. The Morgan fingerprint density at radius 2 is 1.74 bits per heavy atom. The molecule has 0 saturated carbocycles. The van der Waals surface area contributed by atoms with Gasteiger partial charge in [-0.3, -0.25) is 4.79 Å². The van der Waals surface area contributed by atoms with E-state index in [1.807, 2.05) is 11.8 Å². The van der Waals surface area contributed by atoms with Crippen LogP contribution >= 0.6 is 0 Å². The summed E-state index contributed by atoms with van der Waals surface area (Å²) in [5.41, 5.74) is 5.88. The molecule has 0 radical (unpaired) electrons. The Morgan fingerprint density at radius 1 is 1.03 bits per heavy atom. The Hall–Kier alpha value is -3.02. The lowest BCUT2D eigenvalue weighted by molar-refractivity contribution is -0.121. The number of hydrogen-bond acceptors (Lipinski definition) is 2. The number of amides is 3. The van der Waals surface area contributed by atoms with E-state index in [4.69, 9.17) is 0 Å². The maximum Gasteiger partial charge on any atom is 0.317 e. The summed E-state index contributed by atoms with van der Waals surface area (Å²) >= 11 is 0. The fraction of sp³-hybridized carbons (Fsp3) is 0.500. The highest BCUT2D eigenvalue weighted by molar-refractivity contribution is 6.13. The fourth-order valence-corrected chi connectivity index (χ4v) is 5.48. The SMILES string of the molecule is CCNC(=O)N1CCC(C(=O)Nc2c(CC)cc3c(c2CC)c2ccccc2n3C(C)C)CC1. The van der Waals surface area contributed by atoms with Gasteiger partial charge in [-0.25, -0.2) is 4.79 Å². The maximum absolute atomic E-state index is 13.4. The van der Waals surface area contributed by atoms with Crippen molar-refractivity contribution in [2.45, 2.75) is 66.3 Å². The first-order chi connectivity index (χ1) is 16.4. The summed E-state index contributed by atoms with van der Waals surface area (Å²) in [6.07, 6.45) is 3.09. The van der Waals surface area contributed by atoms with E-state index >= 15 is 0 Å². The van der Waals surface area contributed by atoms with E-state index in [1.165, 1.54) is 32.9 Å². The fourth-order valence-electron chi connectivity index (χ4n) is 5.48. The molecule has 3 amide bonds. The van der Waals surface area contributed by atoms with Gasteiger partial charge in [-0.05, 0) is 69.7 Å². The molecule has 1 fully saturated rings. The monoisotopic (exact) mass is 462 g/mol. The van der Waals surface area contributed by atoms with Crippen molar-refractivity contribution in [2.24, 2.45) is 5.92 Å². The zero-order chi connectivity index (χ0) is 24.4. The zero-order valence-electron chi connectivity index (χ0n) is 21.2. The molecule has 0 aliphatic carbocycles. The second-order valence-electron chi connectivity index (χ2n) is 9.56. The first-order valence-corrected chi connectivity index (χ1v) is 12.8. The predicted octanol–water partition coefficient (Wildman–Crippen LogP) is 5.88. The molecule has 0 unspecified atom stereocenters. The number of para-hydroxylation sites is 1. The number of nitrogens with one attached hydrogen (secondary N) is 2. The van der Waals surface area contributed by atoms with Gasteiger partial charge in [0.25, 0.3) is 0 Å². The van der Waals surface area contributed by atoms with Crippen LogP contribution in [-0.2, 0) is 17.6 Å². The number of anilines is 1. The lowest BCUT2D eigenvalue weighted by Crippen LogP contribution is -2.46. The van der Waals surface area contributed by atoms with E-state index in [2.05, 4.69) is 73.2 Å². The molecule has 1 aliphatic rings. The van der Waals surface area contributed by atoms with Crippen molar-refractivity contribution in [1.82, 2.24) is 14.8 Å². The third-order valence-electron chi connectivity index (χ3n) is 7.16. The van der Waals surface area contributed by atoms with Gasteiger partial charge in [-0.2, -0.15) is 0 Å². The molecular formula is C28H38N4O2. The average molecular weight is 463 g/mol. The Bertz CT molecular complexity index is 1200. The van der Waals surface area contributed by atoms with Crippen molar-refractivity contribution < 1.29 is 9.59 Å². The molecule has 2 aromatic carbocycles. The normalized spacial score (nSPS) is 14.8. The van der Waals surface area contributed by atoms with Crippen molar-refractivity contribution in [3.8, 4) is 0 Å². The smallest absolute Gasteiger partial charge is 0.317 e. The minimum absolute atomic E-state index is 0.0325. The van der Waals surface area contributed by atoms with Gasteiger partial charge in [0.15, 0.2) is 0 Å². The van der Waals surface area contributed by atoms with Gasteiger partial charge in [0.05, 0.1) is 5.52 Å². The van der Waals surface area contributed by atoms with Crippen LogP contribution in [0.5, 0.6) is 0 Å². The number of aryl methyl sites for hydroxylation is 2. The Balaban J connectivity index is 1.70. The maximum atomic E-state index is 13.4. The van der Waals surface area contributed by atoms with Crippen LogP contribution in [0.2, 0.25) is 0 Å². The second-order valence-corrected chi connectivity index (χ2v) is 9.56. The molecule has 182 valence electrons. The minimum atomic E-state index is -0.0761. The second kappa shape index (κ2) is 10.1. The lowest BCUT2D eigenvalue weighted by atomic mass is 9.93. The zero-order valence-corrected chi connectivity index (χ0v) is 21.2. The van der Waals surface area contributed by atoms with E-state index in [-0.39, 0.29) is 17.9 Å². The quantitative estimate of drug-likeness (QED) is 0.480. The van der Waals surface area contributed by atoms with Crippen LogP contribution < -0.4 is 10.6 Å². The molecule has 6 nitrogen and oxygen atoms in total. The first-order valence-electron chi connectivity index (χ1n) is 12.8. The van der Waals surface area contributed by atoms with Gasteiger partial charge < -0.3 is 20.1 Å². The van der Waals surface area contributed by atoms with Crippen molar-refractivity contribution in [1.29, 1.82) is 0 Å². The standard InChI is InChI=1S/C28H38N4O2/c1-6-19-17-24-25(22-11-9-10-12-23(22)32(24)18(4)5)21(7-2)26(19)30-27(33)20-13-15-31(16-14-20)28(34)29-8-3/h9-12,17-18,20H,6-8,13-16H2,1-5H3,(H,29,34)(H,30,33). The van der Waals surface area contributed by atoms with E-state index in [0.29, 0.717) is 38.5 Å². The molecule has 2 heterocycles. The topological polar surface area (TPSA) is 66.4 Å². The Morgan fingerprint density at radius 3 is 2.35 bits per heavy atom. The van der Waals surface area contributed by atoms with Gasteiger partial charge in [-0.1, -0.05) is 32.0 Å². The summed E-state index contributed by atoms with van der Waals surface area (Å²) in [4.78, 5) is 27.3. The summed E-state index contributed by atoms with van der Waals surface area (Å²) in [6, 6.07) is 11.2. The van der Waals surface area contributed by atoms with Crippen LogP contribution in [0.25, 0.3) is 21.8 Å². The number of urea groups is 1. The van der Waals surface area contributed by atoms with Crippen LogP contribution in [0, 0.1) is 5.92 Å². The molecule has 6 heteroatoms. The van der Waals surface area contributed by atoms with Crippen molar-refractivity contribution in [3.63, 3.8) is 0 Å². The van der Waals surface area contributed by atoms with Gasteiger partial charge in [-0.15, -0.1) is 0 Å². The van der Waals surface area contributed by atoms with E-state index in [0.717, 1.165) is 18.5 Å². The summed E-state index contributed by atoms with van der Waals surface area (Å²) in [5, 5.41) is 8.70. The third kappa shape index (κ3) is 4.26. The summed E-state index contributed by atoms with van der Waals surface area (Å²) in [7, 11) is 0. The minimum Gasteiger partial charge on any atom is -0.338 e. The number of benzene rings is 2. The summed E-state index contributed by atoms with van der Waals surface area (Å²) in [6.45, 7) is 12.6. The number of carbonyl (C=O) groups excluding carboxylic acids is 2.